The summed E-state index contributed by atoms with van der Waals surface area (Å²) >= 11 is 1.78. The van der Waals surface area contributed by atoms with Crippen molar-refractivity contribution in [1.29, 1.82) is 0 Å². The van der Waals surface area contributed by atoms with Gasteiger partial charge in [-0.15, -0.1) is 0 Å². The Morgan fingerprint density at radius 2 is 2.21 bits per heavy atom. The van der Waals surface area contributed by atoms with Gasteiger partial charge in [0.1, 0.15) is 16.9 Å². The molecule has 19 heavy (non-hydrogen) atoms. The van der Waals surface area contributed by atoms with Crippen molar-refractivity contribution < 1.29 is 4.74 Å². The molecule has 0 radical (unpaired) electrons. The SMILES string of the molecule is CNc1ccc(C2Nc3ccc(OC)cc3S2)cn1. The van der Waals surface area contributed by atoms with Crippen molar-refractivity contribution in [1.82, 2.24) is 4.98 Å². The molecule has 0 fully saturated rings. The van der Waals surface area contributed by atoms with Gasteiger partial charge < -0.3 is 15.4 Å². The molecule has 2 heterocycles. The molecule has 0 bridgehead atoms. The number of nitrogens with one attached hydrogen (secondary N) is 2. The first-order chi connectivity index (χ1) is 9.30. The number of fused-ring (bicyclic) bond motifs is 1. The van der Waals surface area contributed by atoms with E-state index in [1.54, 1.807) is 18.9 Å². The van der Waals surface area contributed by atoms with Gasteiger partial charge in [0, 0.05) is 29.4 Å². The second kappa shape index (κ2) is 5.01. The van der Waals surface area contributed by atoms with Crippen LogP contribution in [0.5, 0.6) is 5.75 Å². The van der Waals surface area contributed by atoms with E-state index in [-0.39, 0.29) is 5.37 Å². The van der Waals surface area contributed by atoms with Crippen molar-refractivity contribution in [2.45, 2.75) is 10.3 Å². The highest BCUT2D eigenvalue weighted by Crippen LogP contribution is 2.47. The maximum Gasteiger partial charge on any atom is 0.125 e. The van der Waals surface area contributed by atoms with Crippen molar-refractivity contribution in [3.63, 3.8) is 0 Å². The van der Waals surface area contributed by atoms with E-state index < -0.39 is 0 Å². The monoisotopic (exact) mass is 273 g/mol. The van der Waals surface area contributed by atoms with Crippen LogP contribution in [0.15, 0.2) is 41.4 Å². The Morgan fingerprint density at radius 1 is 1.32 bits per heavy atom. The number of hydrogen-bond acceptors (Lipinski definition) is 5. The van der Waals surface area contributed by atoms with Crippen molar-refractivity contribution >= 4 is 23.3 Å². The highest BCUT2D eigenvalue weighted by Gasteiger charge is 2.23. The van der Waals surface area contributed by atoms with Gasteiger partial charge in [-0.05, 0) is 24.3 Å². The Labute approximate surface area is 116 Å². The summed E-state index contributed by atoms with van der Waals surface area (Å²) in [6.45, 7) is 0. The average Bonchev–Trinajstić information content (AvgIpc) is 2.90. The number of ether oxygens (including phenoxy) is 1. The van der Waals surface area contributed by atoms with E-state index in [0.29, 0.717) is 0 Å². The maximum atomic E-state index is 5.25. The summed E-state index contributed by atoms with van der Waals surface area (Å²) in [4.78, 5) is 5.56. The number of benzene rings is 1. The second-order valence-electron chi connectivity index (χ2n) is 4.23. The van der Waals surface area contributed by atoms with Crippen LogP contribution in [0.3, 0.4) is 0 Å². The Bertz CT molecular complexity index is 586. The highest BCUT2D eigenvalue weighted by atomic mass is 32.2. The van der Waals surface area contributed by atoms with E-state index in [2.05, 4.69) is 33.8 Å². The smallest absolute Gasteiger partial charge is 0.125 e. The number of nitrogens with zero attached hydrogens (tertiary/aromatic N) is 1. The average molecular weight is 273 g/mol. The molecular formula is C14H15N3OS. The Balaban J connectivity index is 1.82. The lowest BCUT2D eigenvalue weighted by molar-refractivity contribution is 0.414. The standard InChI is InChI=1S/C14H15N3OS/c1-15-13-6-3-9(8-16-13)14-17-11-5-4-10(18-2)7-12(11)19-14/h3-8,14,17H,1-2H3,(H,15,16). The van der Waals surface area contributed by atoms with Crippen molar-refractivity contribution in [3.8, 4) is 5.75 Å². The number of hydrogen-bond donors (Lipinski definition) is 2. The van der Waals surface area contributed by atoms with Crippen molar-refractivity contribution in [2.75, 3.05) is 24.8 Å². The molecule has 3 rings (SSSR count). The van der Waals surface area contributed by atoms with E-state index in [1.807, 2.05) is 25.4 Å². The number of pyridine rings is 1. The summed E-state index contributed by atoms with van der Waals surface area (Å²) in [5, 5.41) is 6.72. The molecule has 0 aliphatic carbocycles. The van der Waals surface area contributed by atoms with Crippen molar-refractivity contribution in [3.05, 3.63) is 42.1 Å². The molecule has 4 nitrogen and oxygen atoms in total. The van der Waals surface area contributed by atoms with Gasteiger partial charge in [-0.2, -0.15) is 0 Å². The quantitative estimate of drug-likeness (QED) is 0.898. The normalized spacial score (nSPS) is 16.6. The Kier molecular flexibility index (Phi) is 3.21. The van der Waals surface area contributed by atoms with Crippen LogP contribution in [0.1, 0.15) is 10.9 Å². The van der Waals surface area contributed by atoms with E-state index in [1.165, 1.54) is 10.5 Å². The molecule has 1 atom stereocenters. The van der Waals surface area contributed by atoms with Crippen molar-refractivity contribution in [2.24, 2.45) is 0 Å². The van der Waals surface area contributed by atoms with Crippen LogP contribution >= 0.6 is 11.8 Å². The van der Waals surface area contributed by atoms with E-state index in [9.17, 15) is 0 Å². The summed E-state index contributed by atoms with van der Waals surface area (Å²) in [7, 11) is 3.55. The van der Waals surface area contributed by atoms with Gasteiger partial charge in [-0.1, -0.05) is 17.8 Å². The minimum absolute atomic E-state index is 0.209. The molecule has 1 aromatic heterocycles. The number of methoxy groups -OCH3 is 1. The highest BCUT2D eigenvalue weighted by molar-refractivity contribution is 8.00. The van der Waals surface area contributed by atoms with Crippen LogP contribution in [0.4, 0.5) is 11.5 Å². The fourth-order valence-corrected chi connectivity index (χ4v) is 3.16. The predicted molar refractivity (Wildman–Crippen MR) is 79.0 cm³/mol. The molecule has 0 saturated heterocycles. The lowest BCUT2D eigenvalue weighted by Crippen LogP contribution is -2.02. The molecule has 1 unspecified atom stereocenters. The van der Waals surface area contributed by atoms with Crippen LogP contribution in [0, 0.1) is 0 Å². The molecule has 1 aromatic carbocycles. The lowest BCUT2D eigenvalue weighted by atomic mass is 10.2. The summed E-state index contributed by atoms with van der Waals surface area (Å²) in [6, 6.07) is 10.2. The lowest BCUT2D eigenvalue weighted by Gasteiger charge is -2.10. The van der Waals surface area contributed by atoms with Gasteiger partial charge in [0.05, 0.1) is 7.11 Å². The molecule has 0 saturated carbocycles. The van der Waals surface area contributed by atoms with Gasteiger partial charge in [-0.3, -0.25) is 0 Å². The molecule has 2 aromatic rings. The van der Waals surface area contributed by atoms with Gasteiger partial charge in [-0.25, -0.2) is 4.98 Å². The second-order valence-corrected chi connectivity index (χ2v) is 5.38. The third-order valence-electron chi connectivity index (χ3n) is 3.07. The third kappa shape index (κ3) is 2.33. The largest absolute Gasteiger partial charge is 0.497 e. The molecule has 2 N–H and O–H groups in total. The van der Waals surface area contributed by atoms with Crippen LogP contribution in [0.25, 0.3) is 0 Å². The number of anilines is 2. The first kappa shape index (κ1) is 12.2. The molecule has 1 aliphatic rings. The zero-order chi connectivity index (χ0) is 13.2. The van der Waals surface area contributed by atoms with Gasteiger partial charge in [0.25, 0.3) is 0 Å². The molecule has 5 heteroatoms. The number of thioether (sulfide) groups is 1. The van der Waals surface area contributed by atoms with Crippen LogP contribution in [-0.2, 0) is 0 Å². The summed E-state index contributed by atoms with van der Waals surface area (Å²) in [6.07, 6.45) is 1.90. The molecule has 0 amide bonds. The maximum absolute atomic E-state index is 5.25. The molecule has 0 spiro atoms. The first-order valence-electron chi connectivity index (χ1n) is 6.05. The van der Waals surface area contributed by atoms with Crippen LogP contribution < -0.4 is 15.4 Å². The molecule has 98 valence electrons. The predicted octanol–water partition coefficient (Wildman–Crippen LogP) is 3.35. The number of rotatable bonds is 3. The van der Waals surface area contributed by atoms with Crippen LogP contribution in [-0.4, -0.2) is 19.1 Å². The van der Waals surface area contributed by atoms with Gasteiger partial charge in [0.15, 0.2) is 0 Å². The van der Waals surface area contributed by atoms with Gasteiger partial charge in [0.2, 0.25) is 0 Å². The third-order valence-corrected chi connectivity index (χ3v) is 4.28. The summed E-state index contributed by atoms with van der Waals surface area (Å²) < 4.78 is 5.25. The van der Waals surface area contributed by atoms with Crippen LogP contribution in [0.2, 0.25) is 0 Å². The fourth-order valence-electron chi connectivity index (χ4n) is 2.00. The Morgan fingerprint density at radius 3 is 2.89 bits per heavy atom. The molecule has 1 aliphatic heterocycles. The summed E-state index contributed by atoms with van der Waals surface area (Å²) in [5.74, 6) is 1.77. The van der Waals surface area contributed by atoms with Gasteiger partial charge >= 0.3 is 0 Å². The molecular weight excluding hydrogens is 258 g/mol. The topological polar surface area (TPSA) is 46.2 Å². The zero-order valence-corrected chi connectivity index (χ0v) is 11.6. The first-order valence-corrected chi connectivity index (χ1v) is 6.93. The van der Waals surface area contributed by atoms with E-state index in [0.717, 1.165) is 17.3 Å². The number of aromatic nitrogens is 1. The van der Waals surface area contributed by atoms with E-state index in [4.69, 9.17) is 4.74 Å². The Hall–Kier alpha value is -1.88. The minimum Gasteiger partial charge on any atom is -0.497 e. The fraction of sp³-hybridized carbons (Fsp3) is 0.214. The zero-order valence-electron chi connectivity index (χ0n) is 10.8. The van der Waals surface area contributed by atoms with E-state index >= 15 is 0 Å². The minimum atomic E-state index is 0.209. The summed E-state index contributed by atoms with van der Waals surface area (Å²) in [5.41, 5.74) is 2.31.